The van der Waals surface area contributed by atoms with Crippen molar-refractivity contribution >= 4 is 17.8 Å². The van der Waals surface area contributed by atoms with Crippen LogP contribution in [-0.4, -0.2) is 63.9 Å². The third-order valence-corrected chi connectivity index (χ3v) is 3.72. The van der Waals surface area contributed by atoms with Crippen molar-refractivity contribution in [2.75, 3.05) is 26.2 Å². The smallest absolute Gasteiger partial charge is 0.354 e. The summed E-state index contributed by atoms with van der Waals surface area (Å²) in [4.78, 5) is 42.7. The minimum Gasteiger partial charge on any atom is -0.477 e. The van der Waals surface area contributed by atoms with E-state index in [0.717, 1.165) is 0 Å². The molecule has 2 rings (SSSR count). The lowest BCUT2D eigenvalue weighted by atomic mass is 9.94. The van der Waals surface area contributed by atoms with Crippen molar-refractivity contribution in [2.45, 2.75) is 20.8 Å². The molecule has 1 aliphatic rings. The zero-order valence-corrected chi connectivity index (χ0v) is 13.6. The maximum atomic E-state index is 12.4. The molecule has 0 saturated carbocycles. The van der Waals surface area contributed by atoms with Gasteiger partial charge in [-0.2, -0.15) is 0 Å². The van der Waals surface area contributed by atoms with Crippen LogP contribution in [0.5, 0.6) is 0 Å². The molecule has 0 aliphatic carbocycles. The lowest BCUT2D eigenvalue weighted by Gasteiger charge is -2.37. The SMILES string of the molecule is CC(C)(C)C(=O)N1CCN(C(=O)c2ccnc(C(=O)O)c2)CC1. The second kappa shape index (κ2) is 6.36. The average Bonchev–Trinajstić information content (AvgIpc) is 2.53. The lowest BCUT2D eigenvalue weighted by molar-refractivity contribution is -0.140. The summed E-state index contributed by atoms with van der Waals surface area (Å²) >= 11 is 0. The van der Waals surface area contributed by atoms with Gasteiger partial charge in [-0.1, -0.05) is 20.8 Å². The van der Waals surface area contributed by atoms with Crippen molar-refractivity contribution in [1.29, 1.82) is 0 Å². The van der Waals surface area contributed by atoms with Crippen molar-refractivity contribution < 1.29 is 19.5 Å². The first-order chi connectivity index (χ1) is 10.7. The van der Waals surface area contributed by atoms with Gasteiger partial charge in [-0.05, 0) is 12.1 Å². The van der Waals surface area contributed by atoms with Gasteiger partial charge in [-0.3, -0.25) is 9.59 Å². The fourth-order valence-corrected chi connectivity index (χ4v) is 2.45. The first kappa shape index (κ1) is 16.9. The summed E-state index contributed by atoms with van der Waals surface area (Å²) in [5.41, 5.74) is -0.293. The highest BCUT2D eigenvalue weighted by Gasteiger charge is 2.31. The van der Waals surface area contributed by atoms with Crippen LogP contribution in [0.1, 0.15) is 41.6 Å². The molecule has 0 unspecified atom stereocenters. The zero-order valence-electron chi connectivity index (χ0n) is 13.6. The molecule has 7 nitrogen and oxygen atoms in total. The van der Waals surface area contributed by atoms with Gasteiger partial charge in [0.25, 0.3) is 5.91 Å². The topological polar surface area (TPSA) is 90.8 Å². The molecule has 1 fully saturated rings. The summed E-state index contributed by atoms with van der Waals surface area (Å²) in [6, 6.07) is 2.78. The average molecular weight is 319 g/mol. The van der Waals surface area contributed by atoms with E-state index in [0.29, 0.717) is 31.7 Å². The molecule has 2 heterocycles. The largest absolute Gasteiger partial charge is 0.477 e. The van der Waals surface area contributed by atoms with E-state index in [2.05, 4.69) is 4.98 Å². The van der Waals surface area contributed by atoms with E-state index < -0.39 is 11.4 Å². The normalized spacial score (nSPS) is 15.4. The Morgan fingerprint density at radius 2 is 1.65 bits per heavy atom. The Hall–Kier alpha value is -2.44. The molecule has 7 heteroatoms. The second-order valence-electron chi connectivity index (χ2n) is 6.57. The van der Waals surface area contributed by atoms with Crippen molar-refractivity contribution in [3.63, 3.8) is 0 Å². The Balaban J connectivity index is 2.03. The molecular formula is C16H21N3O4. The first-order valence-corrected chi connectivity index (χ1v) is 7.48. The second-order valence-corrected chi connectivity index (χ2v) is 6.57. The molecule has 23 heavy (non-hydrogen) atoms. The standard InChI is InChI=1S/C16H21N3O4/c1-16(2,3)15(23)19-8-6-18(7-9-19)13(20)11-4-5-17-12(10-11)14(21)22/h4-5,10H,6-9H2,1-3H3,(H,21,22). The van der Waals surface area contributed by atoms with Crippen LogP contribution < -0.4 is 0 Å². The first-order valence-electron chi connectivity index (χ1n) is 7.48. The number of amides is 2. The van der Waals surface area contributed by atoms with Crippen molar-refractivity contribution in [2.24, 2.45) is 5.41 Å². The van der Waals surface area contributed by atoms with Crippen LogP contribution in [0.15, 0.2) is 18.3 Å². The highest BCUT2D eigenvalue weighted by atomic mass is 16.4. The molecule has 1 saturated heterocycles. The quantitative estimate of drug-likeness (QED) is 0.882. The van der Waals surface area contributed by atoms with E-state index in [1.54, 1.807) is 9.80 Å². The number of carbonyl (C=O) groups is 3. The Kier molecular flexibility index (Phi) is 4.68. The summed E-state index contributed by atoms with van der Waals surface area (Å²) in [5, 5.41) is 8.94. The molecule has 0 aromatic carbocycles. The van der Waals surface area contributed by atoms with E-state index >= 15 is 0 Å². The van der Waals surface area contributed by atoms with Crippen molar-refractivity contribution in [3.8, 4) is 0 Å². The highest BCUT2D eigenvalue weighted by Crippen LogP contribution is 2.19. The molecule has 124 valence electrons. The summed E-state index contributed by atoms with van der Waals surface area (Å²) in [6.07, 6.45) is 1.32. The molecule has 0 bridgehead atoms. The summed E-state index contributed by atoms with van der Waals surface area (Å²) in [5.74, 6) is -1.33. The van der Waals surface area contributed by atoms with Gasteiger partial charge in [0.15, 0.2) is 0 Å². The Morgan fingerprint density at radius 1 is 1.09 bits per heavy atom. The molecule has 1 aromatic heterocycles. The Morgan fingerprint density at radius 3 is 2.17 bits per heavy atom. The molecule has 1 aromatic rings. The van der Waals surface area contributed by atoms with Gasteiger partial charge in [0.05, 0.1) is 0 Å². The molecule has 0 spiro atoms. The monoisotopic (exact) mass is 319 g/mol. The molecule has 0 radical (unpaired) electrons. The number of nitrogens with zero attached hydrogens (tertiary/aromatic N) is 3. The maximum absolute atomic E-state index is 12.4. The van der Waals surface area contributed by atoms with Gasteiger partial charge >= 0.3 is 5.97 Å². The van der Waals surface area contributed by atoms with E-state index in [1.165, 1.54) is 18.3 Å². The van der Waals surface area contributed by atoms with Crippen LogP contribution in [0, 0.1) is 5.41 Å². The number of carbonyl (C=O) groups excluding carboxylic acids is 2. The van der Waals surface area contributed by atoms with Gasteiger partial charge in [0.1, 0.15) is 5.69 Å². The van der Waals surface area contributed by atoms with Crippen LogP contribution in [0.3, 0.4) is 0 Å². The fourth-order valence-electron chi connectivity index (χ4n) is 2.45. The number of aromatic nitrogens is 1. The van der Waals surface area contributed by atoms with Crippen LogP contribution in [0.4, 0.5) is 0 Å². The molecule has 2 amide bonds. The van der Waals surface area contributed by atoms with Gasteiger partial charge in [0, 0.05) is 43.4 Å². The summed E-state index contributed by atoms with van der Waals surface area (Å²) in [7, 11) is 0. The lowest BCUT2D eigenvalue weighted by Crippen LogP contribution is -2.53. The minimum atomic E-state index is -1.17. The molecule has 1 aliphatic heterocycles. The number of rotatable bonds is 2. The van der Waals surface area contributed by atoms with Crippen molar-refractivity contribution in [3.05, 3.63) is 29.6 Å². The van der Waals surface area contributed by atoms with Crippen LogP contribution in [-0.2, 0) is 4.79 Å². The summed E-state index contributed by atoms with van der Waals surface area (Å²) < 4.78 is 0. The van der Waals surface area contributed by atoms with Gasteiger partial charge in [-0.15, -0.1) is 0 Å². The Labute approximate surface area is 134 Å². The predicted molar refractivity (Wildman–Crippen MR) is 83.1 cm³/mol. The third-order valence-electron chi connectivity index (χ3n) is 3.72. The Bertz CT molecular complexity index is 628. The molecule has 1 N–H and O–H groups in total. The maximum Gasteiger partial charge on any atom is 0.354 e. The van der Waals surface area contributed by atoms with Crippen molar-refractivity contribution in [1.82, 2.24) is 14.8 Å². The number of pyridine rings is 1. The molecular weight excluding hydrogens is 298 g/mol. The van der Waals surface area contributed by atoms with Crippen LogP contribution >= 0.6 is 0 Å². The minimum absolute atomic E-state index is 0.0710. The van der Waals surface area contributed by atoms with Crippen LogP contribution in [0.2, 0.25) is 0 Å². The van der Waals surface area contributed by atoms with E-state index in [-0.39, 0.29) is 17.5 Å². The highest BCUT2D eigenvalue weighted by molar-refractivity contribution is 5.96. The fraction of sp³-hybridized carbons (Fsp3) is 0.500. The van der Waals surface area contributed by atoms with Gasteiger partial charge < -0.3 is 14.9 Å². The number of piperazine rings is 1. The predicted octanol–water partition coefficient (Wildman–Crippen LogP) is 1.11. The van der Waals surface area contributed by atoms with Gasteiger partial charge in [-0.25, -0.2) is 9.78 Å². The zero-order chi connectivity index (χ0) is 17.2. The summed E-state index contributed by atoms with van der Waals surface area (Å²) in [6.45, 7) is 7.46. The number of aromatic carboxylic acids is 1. The molecule has 0 atom stereocenters. The number of hydrogen-bond acceptors (Lipinski definition) is 4. The number of carboxylic acid groups (broad SMARTS) is 1. The van der Waals surface area contributed by atoms with E-state index in [1.807, 2.05) is 20.8 Å². The number of hydrogen-bond donors (Lipinski definition) is 1. The van der Waals surface area contributed by atoms with E-state index in [9.17, 15) is 14.4 Å². The third kappa shape index (κ3) is 3.85. The van der Waals surface area contributed by atoms with E-state index in [4.69, 9.17) is 5.11 Å². The van der Waals surface area contributed by atoms with Crippen LogP contribution in [0.25, 0.3) is 0 Å². The number of carboxylic acids is 1. The van der Waals surface area contributed by atoms with Gasteiger partial charge in [0.2, 0.25) is 5.91 Å².